The van der Waals surface area contributed by atoms with Crippen molar-refractivity contribution in [2.24, 2.45) is 0 Å². The van der Waals surface area contributed by atoms with Crippen molar-refractivity contribution in [3.05, 3.63) is 29.5 Å². The third kappa shape index (κ3) is 3.02. The van der Waals surface area contributed by atoms with Gasteiger partial charge in [-0.1, -0.05) is 11.6 Å². The van der Waals surface area contributed by atoms with Crippen molar-refractivity contribution in [2.45, 2.75) is 19.1 Å². The van der Waals surface area contributed by atoms with Crippen LogP contribution in [-0.2, 0) is 10.0 Å². The highest BCUT2D eigenvalue weighted by Gasteiger charge is 2.17. The van der Waals surface area contributed by atoms with Gasteiger partial charge in [-0.2, -0.15) is 0 Å². The molecule has 7 nitrogen and oxygen atoms in total. The largest absolute Gasteiger partial charge is 0.282 e. The molecule has 1 aromatic heterocycles. The first-order valence-electron chi connectivity index (χ1n) is 5.44. The summed E-state index contributed by atoms with van der Waals surface area (Å²) in [7, 11) is -3.45. The number of hydrogen-bond donors (Lipinski definition) is 1. The minimum Gasteiger partial charge on any atom is -0.282 e. The maximum atomic E-state index is 11.8. The first kappa shape index (κ1) is 13.8. The van der Waals surface area contributed by atoms with Gasteiger partial charge >= 0.3 is 0 Å². The Morgan fingerprint density at radius 3 is 2.68 bits per heavy atom. The van der Waals surface area contributed by atoms with E-state index in [2.05, 4.69) is 20.2 Å². The Morgan fingerprint density at radius 2 is 2.11 bits per heavy atom. The summed E-state index contributed by atoms with van der Waals surface area (Å²) in [6.45, 7) is 3.17. The predicted octanol–water partition coefficient (Wildman–Crippen LogP) is 1.47. The standard InChI is InChI=1S/C10H12ClN5O2S/c1-7(2)19(17,18)13-10-5-8(3-4-9(10)11)16-6-12-14-15-16/h3-7,13H,1-2H3. The monoisotopic (exact) mass is 301 g/mol. The van der Waals surface area contributed by atoms with E-state index >= 15 is 0 Å². The minimum absolute atomic E-state index is 0.295. The molecular weight excluding hydrogens is 290 g/mol. The Labute approximate surface area is 115 Å². The van der Waals surface area contributed by atoms with E-state index in [0.29, 0.717) is 16.4 Å². The van der Waals surface area contributed by atoms with E-state index in [-0.39, 0.29) is 0 Å². The van der Waals surface area contributed by atoms with Crippen molar-refractivity contribution in [3.8, 4) is 5.69 Å². The molecule has 0 aliphatic heterocycles. The zero-order valence-electron chi connectivity index (χ0n) is 10.3. The summed E-state index contributed by atoms with van der Waals surface area (Å²) < 4.78 is 27.5. The van der Waals surface area contributed by atoms with Crippen LogP contribution in [0.5, 0.6) is 0 Å². The molecule has 0 atom stereocenters. The van der Waals surface area contributed by atoms with Crippen LogP contribution in [0.25, 0.3) is 5.69 Å². The lowest BCUT2D eigenvalue weighted by Gasteiger charge is -2.13. The molecule has 2 rings (SSSR count). The molecule has 0 radical (unpaired) electrons. The van der Waals surface area contributed by atoms with Gasteiger partial charge in [-0.25, -0.2) is 13.1 Å². The molecule has 1 N–H and O–H groups in total. The van der Waals surface area contributed by atoms with Gasteiger partial charge in [-0.15, -0.1) is 5.10 Å². The normalized spacial score (nSPS) is 11.8. The number of anilines is 1. The second-order valence-corrected chi connectivity index (χ2v) is 6.76. The zero-order chi connectivity index (χ0) is 14.0. The summed E-state index contributed by atoms with van der Waals surface area (Å²) in [4.78, 5) is 0. The van der Waals surface area contributed by atoms with Gasteiger partial charge in [0.05, 0.1) is 21.6 Å². The highest BCUT2D eigenvalue weighted by Crippen LogP contribution is 2.26. The molecule has 0 amide bonds. The summed E-state index contributed by atoms with van der Waals surface area (Å²) in [5, 5.41) is 10.5. The summed E-state index contributed by atoms with van der Waals surface area (Å²) >= 11 is 5.98. The fourth-order valence-corrected chi connectivity index (χ4v) is 2.22. The van der Waals surface area contributed by atoms with Gasteiger partial charge in [0, 0.05) is 0 Å². The van der Waals surface area contributed by atoms with Crippen LogP contribution in [0.2, 0.25) is 5.02 Å². The first-order chi connectivity index (χ1) is 8.90. The number of benzene rings is 1. The average Bonchev–Trinajstić information content (AvgIpc) is 2.85. The van der Waals surface area contributed by atoms with E-state index in [1.807, 2.05) is 0 Å². The van der Waals surface area contributed by atoms with Gasteiger partial charge in [0.15, 0.2) is 0 Å². The number of tetrazole rings is 1. The second kappa shape index (κ2) is 5.14. The van der Waals surface area contributed by atoms with E-state index in [0.717, 1.165) is 0 Å². The summed E-state index contributed by atoms with van der Waals surface area (Å²) in [5.74, 6) is 0. The molecule has 0 saturated heterocycles. The van der Waals surface area contributed by atoms with E-state index in [9.17, 15) is 8.42 Å². The van der Waals surface area contributed by atoms with Gasteiger partial charge in [0.2, 0.25) is 10.0 Å². The fourth-order valence-electron chi connectivity index (χ4n) is 1.28. The van der Waals surface area contributed by atoms with Crippen LogP contribution >= 0.6 is 11.6 Å². The van der Waals surface area contributed by atoms with Crippen LogP contribution in [-0.4, -0.2) is 33.9 Å². The average molecular weight is 302 g/mol. The number of nitrogens with one attached hydrogen (secondary N) is 1. The second-order valence-electron chi connectivity index (χ2n) is 4.11. The SMILES string of the molecule is CC(C)S(=O)(=O)Nc1cc(-n2cnnn2)ccc1Cl. The quantitative estimate of drug-likeness (QED) is 0.923. The van der Waals surface area contributed by atoms with Gasteiger partial charge in [0.25, 0.3) is 0 Å². The lowest BCUT2D eigenvalue weighted by molar-refractivity contribution is 0.593. The zero-order valence-corrected chi connectivity index (χ0v) is 11.9. The predicted molar refractivity (Wildman–Crippen MR) is 71.8 cm³/mol. The van der Waals surface area contributed by atoms with E-state index in [1.54, 1.807) is 32.0 Å². The molecule has 1 heterocycles. The van der Waals surface area contributed by atoms with Crippen molar-refractivity contribution < 1.29 is 8.42 Å². The third-order valence-corrected chi connectivity index (χ3v) is 4.51. The van der Waals surface area contributed by atoms with Crippen LogP contribution in [0, 0.1) is 0 Å². The molecule has 0 unspecified atom stereocenters. The summed E-state index contributed by atoms with van der Waals surface area (Å²) in [6.07, 6.45) is 1.41. The molecule has 0 fully saturated rings. The van der Waals surface area contributed by atoms with Crippen LogP contribution in [0.4, 0.5) is 5.69 Å². The molecule has 0 bridgehead atoms. The highest BCUT2D eigenvalue weighted by molar-refractivity contribution is 7.93. The number of halogens is 1. The maximum Gasteiger partial charge on any atom is 0.235 e. The van der Waals surface area contributed by atoms with E-state index in [4.69, 9.17) is 11.6 Å². The molecule has 0 aliphatic carbocycles. The maximum absolute atomic E-state index is 11.8. The van der Waals surface area contributed by atoms with Crippen LogP contribution in [0.1, 0.15) is 13.8 Å². The topological polar surface area (TPSA) is 89.8 Å². The number of aromatic nitrogens is 4. The van der Waals surface area contributed by atoms with Crippen molar-refractivity contribution in [1.29, 1.82) is 0 Å². The van der Waals surface area contributed by atoms with Crippen LogP contribution < -0.4 is 4.72 Å². The third-order valence-electron chi connectivity index (χ3n) is 2.44. The molecule has 0 saturated carbocycles. The van der Waals surface area contributed by atoms with Gasteiger partial charge in [-0.3, -0.25) is 4.72 Å². The van der Waals surface area contributed by atoms with Crippen molar-refractivity contribution in [2.75, 3.05) is 4.72 Å². The Balaban J connectivity index is 2.39. The smallest absolute Gasteiger partial charge is 0.235 e. The first-order valence-corrected chi connectivity index (χ1v) is 7.37. The highest BCUT2D eigenvalue weighted by atomic mass is 35.5. The summed E-state index contributed by atoms with van der Waals surface area (Å²) in [5.41, 5.74) is 0.902. The number of nitrogens with zero attached hydrogens (tertiary/aromatic N) is 4. The van der Waals surface area contributed by atoms with Gasteiger partial charge in [-0.05, 0) is 42.5 Å². The molecule has 2 aromatic rings. The van der Waals surface area contributed by atoms with E-state index < -0.39 is 15.3 Å². The lowest BCUT2D eigenvalue weighted by atomic mass is 10.3. The molecule has 0 aliphatic rings. The Kier molecular flexibility index (Phi) is 3.72. The Bertz CT molecular complexity index is 669. The van der Waals surface area contributed by atoms with Crippen LogP contribution in [0.15, 0.2) is 24.5 Å². The number of hydrogen-bond acceptors (Lipinski definition) is 5. The number of rotatable bonds is 4. The molecule has 102 valence electrons. The molecule has 9 heteroatoms. The van der Waals surface area contributed by atoms with Crippen LogP contribution in [0.3, 0.4) is 0 Å². The van der Waals surface area contributed by atoms with Gasteiger partial charge < -0.3 is 0 Å². The number of sulfonamides is 1. The molecular formula is C10H12ClN5O2S. The van der Waals surface area contributed by atoms with Gasteiger partial charge in [0.1, 0.15) is 6.33 Å². The summed E-state index contributed by atoms with van der Waals surface area (Å²) in [6, 6.07) is 4.83. The molecule has 19 heavy (non-hydrogen) atoms. The van der Waals surface area contributed by atoms with Crippen molar-refractivity contribution >= 4 is 27.3 Å². The van der Waals surface area contributed by atoms with Crippen molar-refractivity contribution in [1.82, 2.24) is 20.2 Å². The molecule has 1 aromatic carbocycles. The van der Waals surface area contributed by atoms with Crippen molar-refractivity contribution in [3.63, 3.8) is 0 Å². The Hall–Kier alpha value is -1.67. The minimum atomic E-state index is -3.45. The Morgan fingerprint density at radius 1 is 1.37 bits per heavy atom. The fraction of sp³-hybridized carbons (Fsp3) is 0.300. The van der Waals surface area contributed by atoms with E-state index in [1.165, 1.54) is 11.0 Å². The molecule has 0 spiro atoms. The lowest BCUT2D eigenvalue weighted by Crippen LogP contribution is -2.22.